The highest BCUT2D eigenvalue weighted by Crippen LogP contribution is 2.19. The van der Waals surface area contributed by atoms with Crippen molar-refractivity contribution < 1.29 is 4.84 Å². The van der Waals surface area contributed by atoms with Gasteiger partial charge in [-0.1, -0.05) is 52.6 Å². The van der Waals surface area contributed by atoms with Crippen molar-refractivity contribution in [2.75, 3.05) is 0 Å². The Morgan fingerprint density at radius 3 is 2.75 bits per heavy atom. The van der Waals surface area contributed by atoms with Crippen LogP contribution in [0.15, 0.2) is 47.6 Å². The summed E-state index contributed by atoms with van der Waals surface area (Å²) in [4.78, 5) is 5.18. The predicted octanol–water partition coefficient (Wildman–Crippen LogP) is 4.42. The first-order valence-corrected chi connectivity index (χ1v) is 6.54. The number of oxime groups is 1. The van der Waals surface area contributed by atoms with Crippen LogP contribution in [0.2, 0.25) is 10.0 Å². The second kappa shape index (κ2) is 6.95. The van der Waals surface area contributed by atoms with Gasteiger partial charge in [-0.05, 0) is 18.2 Å². The van der Waals surface area contributed by atoms with E-state index in [4.69, 9.17) is 33.3 Å². The maximum absolute atomic E-state index is 8.94. The van der Waals surface area contributed by atoms with Gasteiger partial charge in [0.05, 0.1) is 22.9 Å². The van der Waals surface area contributed by atoms with Gasteiger partial charge in [0.25, 0.3) is 0 Å². The first-order valence-electron chi connectivity index (χ1n) is 5.79. The lowest BCUT2D eigenvalue weighted by Crippen LogP contribution is -1.92. The molecule has 0 bridgehead atoms. The molecule has 20 heavy (non-hydrogen) atoms. The van der Waals surface area contributed by atoms with Crippen LogP contribution in [-0.4, -0.2) is 6.21 Å². The van der Waals surface area contributed by atoms with Crippen LogP contribution >= 0.6 is 23.2 Å². The number of benzene rings is 2. The molecule has 0 N–H and O–H groups in total. The molecular formula is C15H10Cl2N2O. The fraction of sp³-hybridized carbons (Fsp3) is 0.0667. The lowest BCUT2D eigenvalue weighted by molar-refractivity contribution is 0.132. The monoisotopic (exact) mass is 304 g/mol. The van der Waals surface area contributed by atoms with Crippen LogP contribution in [0.4, 0.5) is 0 Å². The summed E-state index contributed by atoms with van der Waals surface area (Å²) in [5.74, 6) is 0. The molecule has 0 atom stereocenters. The van der Waals surface area contributed by atoms with Crippen LogP contribution in [-0.2, 0) is 11.4 Å². The van der Waals surface area contributed by atoms with E-state index in [1.165, 1.54) is 6.21 Å². The molecule has 0 saturated heterocycles. The van der Waals surface area contributed by atoms with E-state index < -0.39 is 0 Å². The van der Waals surface area contributed by atoms with Crippen LogP contribution < -0.4 is 0 Å². The van der Waals surface area contributed by atoms with Crippen molar-refractivity contribution in [3.63, 3.8) is 0 Å². The Kier molecular flexibility index (Phi) is 5.00. The van der Waals surface area contributed by atoms with Crippen LogP contribution in [0.3, 0.4) is 0 Å². The normalized spacial score (nSPS) is 10.4. The van der Waals surface area contributed by atoms with E-state index in [9.17, 15) is 0 Å². The van der Waals surface area contributed by atoms with E-state index in [-0.39, 0.29) is 6.61 Å². The molecule has 0 spiro atoms. The molecule has 3 nitrogen and oxygen atoms in total. The highest BCUT2D eigenvalue weighted by Gasteiger charge is 2.01. The average molecular weight is 305 g/mol. The Labute approximate surface area is 127 Å². The number of nitrogens with zero attached hydrogens (tertiary/aromatic N) is 2. The lowest BCUT2D eigenvalue weighted by atomic mass is 10.1. The molecular weight excluding hydrogens is 295 g/mol. The van der Waals surface area contributed by atoms with Crippen molar-refractivity contribution in [1.82, 2.24) is 0 Å². The summed E-state index contributed by atoms with van der Waals surface area (Å²) < 4.78 is 0. The first-order chi connectivity index (χ1) is 9.70. The molecule has 5 heteroatoms. The molecule has 0 aliphatic heterocycles. The Morgan fingerprint density at radius 1 is 1.20 bits per heavy atom. The molecule has 2 aromatic rings. The number of rotatable bonds is 4. The van der Waals surface area contributed by atoms with Gasteiger partial charge in [-0.25, -0.2) is 0 Å². The Morgan fingerprint density at radius 2 is 2.00 bits per heavy atom. The smallest absolute Gasteiger partial charge is 0.143 e. The lowest BCUT2D eigenvalue weighted by Gasteiger charge is -2.02. The van der Waals surface area contributed by atoms with Gasteiger partial charge >= 0.3 is 0 Å². The molecule has 0 aromatic heterocycles. The summed E-state index contributed by atoms with van der Waals surface area (Å²) in [5, 5.41) is 13.9. The van der Waals surface area contributed by atoms with E-state index >= 15 is 0 Å². The standard InChI is InChI=1S/C15H10Cl2N2O/c16-14-6-5-12(15(17)7-14)9-19-20-10-13-4-2-1-3-11(13)8-18/h1-7,9H,10H2/b19-9+. The molecule has 0 heterocycles. The van der Waals surface area contributed by atoms with Gasteiger partial charge in [-0.2, -0.15) is 5.26 Å². The third-order valence-electron chi connectivity index (χ3n) is 2.59. The van der Waals surface area contributed by atoms with Crippen molar-refractivity contribution in [2.24, 2.45) is 5.16 Å². The Balaban J connectivity index is 1.99. The van der Waals surface area contributed by atoms with E-state index in [0.29, 0.717) is 21.2 Å². The van der Waals surface area contributed by atoms with Gasteiger partial charge in [0, 0.05) is 16.1 Å². The number of hydrogen-bond acceptors (Lipinski definition) is 3. The second-order valence-electron chi connectivity index (χ2n) is 3.94. The van der Waals surface area contributed by atoms with E-state index in [1.807, 2.05) is 12.1 Å². The zero-order chi connectivity index (χ0) is 14.4. The molecule has 0 fully saturated rings. The molecule has 0 amide bonds. The van der Waals surface area contributed by atoms with E-state index in [0.717, 1.165) is 5.56 Å². The largest absolute Gasteiger partial charge is 0.391 e. The van der Waals surface area contributed by atoms with Crippen molar-refractivity contribution >= 4 is 29.4 Å². The van der Waals surface area contributed by atoms with E-state index in [2.05, 4.69) is 11.2 Å². The average Bonchev–Trinajstić information content (AvgIpc) is 2.46. The van der Waals surface area contributed by atoms with Crippen LogP contribution in [0.1, 0.15) is 16.7 Å². The van der Waals surface area contributed by atoms with Crippen molar-refractivity contribution in [3.8, 4) is 6.07 Å². The van der Waals surface area contributed by atoms with Gasteiger partial charge in [0.2, 0.25) is 0 Å². The second-order valence-corrected chi connectivity index (χ2v) is 4.79. The fourth-order valence-electron chi connectivity index (χ4n) is 1.56. The van der Waals surface area contributed by atoms with Crippen molar-refractivity contribution in [1.29, 1.82) is 5.26 Å². The Hall–Kier alpha value is -2.02. The minimum absolute atomic E-state index is 0.228. The third kappa shape index (κ3) is 3.74. The van der Waals surface area contributed by atoms with E-state index in [1.54, 1.807) is 30.3 Å². The summed E-state index contributed by atoms with van der Waals surface area (Å²) in [6.07, 6.45) is 1.51. The molecule has 0 saturated carbocycles. The zero-order valence-corrected chi connectivity index (χ0v) is 11.9. The SMILES string of the molecule is N#Cc1ccccc1CO/N=C/c1ccc(Cl)cc1Cl. The predicted molar refractivity (Wildman–Crippen MR) is 80.0 cm³/mol. The first kappa shape index (κ1) is 14.4. The topological polar surface area (TPSA) is 45.4 Å². The third-order valence-corrected chi connectivity index (χ3v) is 3.15. The summed E-state index contributed by atoms with van der Waals surface area (Å²) in [6, 6.07) is 14.4. The maximum atomic E-state index is 8.94. The summed E-state index contributed by atoms with van der Waals surface area (Å²) in [7, 11) is 0. The van der Waals surface area contributed by atoms with Gasteiger partial charge in [0.15, 0.2) is 0 Å². The number of nitriles is 1. The van der Waals surface area contributed by atoms with Crippen molar-refractivity contribution in [2.45, 2.75) is 6.61 Å². The molecule has 2 rings (SSSR count). The minimum atomic E-state index is 0.228. The Bertz CT molecular complexity index is 678. The van der Waals surface area contributed by atoms with Crippen LogP contribution in [0.25, 0.3) is 0 Å². The zero-order valence-electron chi connectivity index (χ0n) is 10.4. The number of halogens is 2. The fourth-order valence-corrected chi connectivity index (χ4v) is 2.02. The minimum Gasteiger partial charge on any atom is -0.391 e. The summed E-state index contributed by atoms with van der Waals surface area (Å²) >= 11 is 11.8. The van der Waals surface area contributed by atoms with Gasteiger partial charge < -0.3 is 4.84 Å². The number of hydrogen-bond donors (Lipinski definition) is 0. The molecule has 0 aliphatic carbocycles. The molecule has 100 valence electrons. The quantitative estimate of drug-likeness (QED) is 0.620. The van der Waals surface area contributed by atoms with Crippen LogP contribution in [0, 0.1) is 11.3 Å². The highest BCUT2D eigenvalue weighted by molar-refractivity contribution is 6.36. The molecule has 0 unspecified atom stereocenters. The van der Waals surface area contributed by atoms with Gasteiger partial charge in [-0.3, -0.25) is 0 Å². The summed E-state index contributed by atoms with van der Waals surface area (Å²) in [6.45, 7) is 0.228. The molecule has 0 radical (unpaired) electrons. The van der Waals surface area contributed by atoms with Gasteiger partial charge in [-0.15, -0.1) is 0 Å². The molecule has 0 aliphatic rings. The van der Waals surface area contributed by atoms with Crippen molar-refractivity contribution in [3.05, 3.63) is 69.2 Å². The maximum Gasteiger partial charge on any atom is 0.143 e. The molecule has 2 aromatic carbocycles. The van der Waals surface area contributed by atoms with Gasteiger partial charge in [0.1, 0.15) is 6.61 Å². The highest BCUT2D eigenvalue weighted by atomic mass is 35.5. The summed E-state index contributed by atoms with van der Waals surface area (Å²) in [5.41, 5.74) is 2.08. The van der Waals surface area contributed by atoms with Crippen LogP contribution in [0.5, 0.6) is 0 Å².